The molecule has 1 aliphatic rings. The Balaban J connectivity index is 1.32. The smallest absolute Gasteiger partial charge is 0.257 e. The molecule has 1 heterocycles. The van der Waals surface area contributed by atoms with E-state index >= 15 is 0 Å². The highest BCUT2D eigenvalue weighted by atomic mass is 35.5. The van der Waals surface area contributed by atoms with E-state index < -0.39 is 0 Å². The zero-order chi connectivity index (χ0) is 18.9. The molecule has 0 radical (unpaired) electrons. The number of nitrogens with one attached hydrogen (secondary N) is 1. The van der Waals surface area contributed by atoms with Gasteiger partial charge < -0.3 is 15.0 Å². The highest BCUT2D eigenvalue weighted by Crippen LogP contribution is 2.20. The first-order valence-electron chi connectivity index (χ1n) is 9.70. The minimum absolute atomic E-state index is 0.0200. The van der Waals surface area contributed by atoms with Gasteiger partial charge in [0.05, 0.1) is 0 Å². The Hall–Kier alpha value is -2.20. The van der Waals surface area contributed by atoms with Gasteiger partial charge in [-0.2, -0.15) is 0 Å². The van der Waals surface area contributed by atoms with Gasteiger partial charge in [0, 0.05) is 30.3 Å². The van der Waals surface area contributed by atoms with Crippen LogP contribution in [0.3, 0.4) is 0 Å². The van der Waals surface area contributed by atoms with E-state index in [0.29, 0.717) is 17.3 Å². The zero-order valence-electron chi connectivity index (χ0n) is 15.6. The Morgan fingerprint density at radius 1 is 1.00 bits per heavy atom. The number of carbonyl (C=O) groups excluding carboxylic acids is 1. The second-order valence-electron chi connectivity index (χ2n) is 6.91. The first-order chi connectivity index (χ1) is 13.2. The molecule has 0 unspecified atom stereocenters. The third-order valence-corrected chi connectivity index (χ3v) is 5.06. The maximum absolute atomic E-state index is 11.8. The highest BCUT2D eigenvalue weighted by molar-refractivity contribution is 6.30. The number of anilines is 1. The molecule has 1 aliphatic heterocycles. The van der Waals surface area contributed by atoms with Crippen LogP contribution in [0.4, 0.5) is 5.69 Å². The standard InChI is InChI=1S/C22H27ClN2O2/c23-19-8-12-21(13-9-19)27-17-22(26)24-14-4-5-18-6-10-20(11-7-18)25-15-2-1-3-16-25/h6-13H,1-5,14-17H2,(H,24,26). The van der Waals surface area contributed by atoms with Crippen LogP contribution in [0.15, 0.2) is 48.5 Å². The molecule has 4 nitrogen and oxygen atoms in total. The highest BCUT2D eigenvalue weighted by Gasteiger charge is 2.10. The summed E-state index contributed by atoms with van der Waals surface area (Å²) in [6.45, 7) is 3.01. The second kappa shape index (κ2) is 10.2. The molecule has 2 aromatic carbocycles. The lowest BCUT2D eigenvalue weighted by atomic mass is 10.1. The van der Waals surface area contributed by atoms with Crippen LogP contribution in [0.2, 0.25) is 5.02 Å². The van der Waals surface area contributed by atoms with Crippen molar-refractivity contribution in [2.75, 3.05) is 31.1 Å². The molecular formula is C22H27ClN2O2. The molecule has 2 aromatic rings. The first-order valence-corrected chi connectivity index (χ1v) is 10.1. The van der Waals surface area contributed by atoms with Gasteiger partial charge in [-0.15, -0.1) is 0 Å². The minimum atomic E-state index is -0.106. The summed E-state index contributed by atoms with van der Waals surface area (Å²) >= 11 is 5.82. The van der Waals surface area contributed by atoms with Crippen LogP contribution in [0.1, 0.15) is 31.2 Å². The van der Waals surface area contributed by atoms with Gasteiger partial charge in [-0.3, -0.25) is 4.79 Å². The lowest BCUT2D eigenvalue weighted by Crippen LogP contribution is -2.30. The molecule has 5 heteroatoms. The number of ether oxygens (including phenoxy) is 1. The van der Waals surface area contributed by atoms with Crippen molar-refractivity contribution in [1.82, 2.24) is 5.32 Å². The zero-order valence-corrected chi connectivity index (χ0v) is 16.4. The van der Waals surface area contributed by atoms with Crippen molar-refractivity contribution in [1.29, 1.82) is 0 Å². The number of aryl methyl sites for hydroxylation is 1. The number of nitrogens with zero attached hydrogens (tertiary/aromatic N) is 1. The molecular weight excluding hydrogens is 360 g/mol. The summed E-state index contributed by atoms with van der Waals surface area (Å²) in [6, 6.07) is 15.8. The van der Waals surface area contributed by atoms with Crippen LogP contribution >= 0.6 is 11.6 Å². The van der Waals surface area contributed by atoms with Gasteiger partial charge in [-0.25, -0.2) is 0 Å². The summed E-state index contributed by atoms with van der Waals surface area (Å²) in [5.41, 5.74) is 2.63. The maximum atomic E-state index is 11.8. The lowest BCUT2D eigenvalue weighted by molar-refractivity contribution is -0.123. The summed E-state index contributed by atoms with van der Waals surface area (Å²) in [7, 11) is 0. The molecule has 1 amide bonds. The van der Waals surface area contributed by atoms with Crippen LogP contribution in [-0.2, 0) is 11.2 Å². The largest absolute Gasteiger partial charge is 0.484 e. The number of halogens is 1. The Labute approximate surface area is 166 Å². The SMILES string of the molecule is O=C(COc1ccc(Cl)cc1)NCCCc1ccc(N2CCCCC2)cc1. The number of hydrogen-bond donors (Lipinski definition) is 1. The Morgan fingerprint density at radius 2 is 1.70 bits per heavy atom. The average Bonchev–Trinajstić information content (AvgIpc) is 2.72. The van der Waals surface area contributed by atoms with Crippen molar-refractivity contribution in [2.45, 2.75) is 32.1 Å². The molecule has 1 N–H and O–H groups in total. The predicted molar refractivity (Wildman–Crippen MR) is 111 cm³/mol. The van der Waals surface area contributed by atoms with Crippen molar-refractivity contribution >= 4 is 23.2 Å². The van der Waals surface area contributed by atoms with Gasteiger partial charge in [0.15, 0.2) is 6.61 Å². The van der Waals surface area contributed by atoms with Crippen molar-refractivity contribution in [3.05, 3.63) is 59.1 Å². The fourth-order valence-corrected chi connectivity index (χ4v) is 3.40. The summed E-state index contributed by atoms with van der Waals surface area (Å²) in [5.74, 6) is 0.536. The van der Waals surface area contributed by atoms with Crippen molar-refractivity contribution in [2.24, 2.45) is 0 Å². The van der Waals surface area contributed by atoms with Gasteiger partial charge in [0.2, 0.25) is 0 Å². The topological polar surface area (TPSA) is 41.6 Å². The van der Waals surface area contributed by atoms with E-state index in [1.165, 1.54) is 43.6 Å². The summed E-state index contributed by atoms with van der Waals surface area (Å²) < 4.78 is 5.43. The number of piperidine rings is 1. The molecule has 0 saturated carbocycles. The van der Waals surface area contributed by atoms with Crippen molar-refractivity contribution in [3.8, 4) is 5.75 Å². The van der Waals surface area contributed by atoms with Gasteiger partial charge in [0.1, 0.15) is 5.75 Å². The normalized spacial score (nSPS) is 14.0. The van der Waals surface area contributed by atoms with Crippen LogP contribution in [-0.4, -0.2) is 32.1 Å². The van der Waals surface area contributed by atoms with E-state index in [1.807, 2.05) is 0 Å². The third-order valence-electron chi connectivity index (χ3n) is 4.81. The summed E-state index contributed by atoms with van der Waals surface area (Å²) in [5, 5.41) is 3.55. The van der Waals surface area contributed by atoms with E-state index in [0.717, 1.165) is 12.8 Å². The minimum Gasteiger partial charge on any atom is -0.484 e. The molecule has 27 heavy (non-hydrogen) atoms. The second-order valence-corrected chi connectivity index (χ2v) is 7.35. The molecule has 0 atom stereocenters. The number of hydrogen-bond acceptors (Lipinski definition) is 3. The number of rotatable bonds is 8. The van der Waals surface area contributed by atoms with Crippen molar-refractivity contribution in [3.63, 3.8) is 0 Å². The van der Waals surface area contributed by atoms with Crippen LogP contribution in [0.25, 0.3) is 0 Å². The number of amides is 1. The number of benzene rings is 2. The van der Waals surface area contributed by atoms with E-state index in [2.05, 4.69) is 34.5 Å². The van der Waals surface area contributed by atoms with E-state index in [4.69, 9.17) is 16.3 Å². The van der Waals surface area contributed by atoms with Crippen LogP contribution < -0.4 is 15.0 Å². The average molecular weight is 387 g/mol. The van der Waals surface area contributed by atoms with Gasteiger partial charge in [-0.05, 0) is 74.1 Å². The number of carbonyl (C=O) groups is 1. The van der Waals surface area contributed by atoms with E-state index in [9.17, 15) is 4.79 Å². The molecule has 0 aromatic heterocycles. The van der Waals surface area contributed by atoms with Gasteiger partial charge in [0.25, 0.3) is 5.91 Å². The van der Waals surface area contributed by atoms with Crippen LogP contribution in [0.5, 0.6) is 5.75 Å². The summed E-state index contributed by atoms with van der Waals surface area (Å²) in [4.78, 5) is 14.3. The molecule has 0 aliphatic carbocycles. The van der Waals surface area contributed by atoms with Crippen LogP contribution in [0, 0.1) is 0 Å². The fourth-order valence-electron chi connectivity index (χ4n) is 3.28. The van der Waals surface area contributed by atoms with E-state index in [1.54, 1.807) is 24.3 Å². The Kier molecular flexibility index (Phi) is 7.40. The molecule has 0 spiro atoms. The predicted octanol–water partition coefficient (Wildman–Crippen LogP) is 4.46. The molecule has 1 saturated heterocycles. The quantitative estimate of drug-likeness (QED) is 0.681. The van der Waals surface area contributed by atoms with E-state index in [-0.39, 0.29) is 12.5 Å². The van der Waals surface area contributed by atoms with Gasteiger partial charge in [-0.1, -0.05) is 23.7 Å². The first kappa shape index (κ1) is 19.6. The Bertz CT molecular complexity index is 710. The van der Waals surface area contributed by atoms with Crippen molar-refractivity contribution < 1.29 is 9.53 Å². The molecule has 144 valence electrons. The molecule has 0 bridgehead atoms. The Morgan fingerprint density at radius 3 is 2.41 bits per heavy atom. The monoisotopic (exact) mass is 386 g/mol. The molecule has 3 rings (SSSR count). The maximum Gasteiger partial charge on any atom is 0.257 e. The molecule has 1 fully saturated rings. The third kappa shape index (κ3) is 6.47. The fraction of sp³-hybridized carbons (Fsp3) is 0.409. The lowest BCUT2D eigenvalue weighted by Gasteiger charge is -2.28. The summed E-state index contributed by atoms with van der Waals surface area (Å²) in [6.07, 6.45) is 5.81. The van der Waals surface area contributed by atoms with Gasteiger partial charge >= 0.3 is 0 Å².